The van der Waals surface area contributed by atoms with Crippen LogP contribution in [0.3, 0.4) is 0 Å². The van der Waals surface area contributed by atoms with Crippen molar-refractivity contribution in [1.29, 1.82) is 0 Å². The standard InChI is InChI=1S/C20H26N8O2/c1-29-16-12-14-15(13-17(16)30-2)25-19(26-18(14)21)22-6-7-27-8-10-28(11-9-27)20-23-4-3-5-24-20/h3-5,12-13H,6-11H2,1-2H3,(H3,21,22,25,26). The van der Waals surface area contributed by atoms with Crippen molar-refractivity contribution < 1.29 is 9.47 Å². The van der Waals surface area contributed by atoms with Gasteiger partial charge in [0, 0.05) is 63.1 Å². The quantitative estimate of drug-likeness (QED) is 0.590. The Hall–Kier alpha value is -3.40. The first-order valence-electron chi connectivity index (χ1n) is 9.85. The predicted molar refractivity (Wildman–Crippen MR) is 116 cm³/mol. The number of benzene rings is 1. The van der Waals surface area contributed by atoms with Crippen LogP contribution in [-0.4, -0.2) is 78.3 Å². The molecular weight excluding hydrogens is 384 g/mol. The smallest absolute Gasteiger partial charge is 0.225 e. The summed E-state index contributed by atoms with van der Waals surface area (Å²) in [5.74, 6) is 2.90. The zero-order chi connectivity index (χ0) is 20.9. The Labute approximate surface area is 175 Å². The molecule has 158 valence electrons. The average molecular weight is 410 g/mol. The van der Waals surface area contributed by atoms with E-state index in [1.165, 1.54) is 0 Å². The molecule has 1 aromatic carbocycles. The summed E-state index contributed by atoms with van der Waals surface area (Å²) in [6.45, 7) is 5.34. The number of hydrogen-bond acceptors (Lipinski definition) is 10. The van der Waals surface area contributed by atoms with Crippen LogP contribution in [-0.2, 0) is 0 Å². The maximum atomic E-state index is 6.14. The number of rotatable bonds is 7. The fourth-order valence-corrected chi connectivity index (χ4v) is 3.51. The molecule has 4 rings (SSSR count). The number of nitrogens with zero attached hydrogens (tertiary/aromatic N) is 6. The van der Waals surface area contributed by atoms with Crippen molar-refractivity contribution in [2.24, 2.45) is 0 Å². The van der Waals surface area contributed by atoms with Gasteiger partial charge in [0.25, 0.3) is 0 Å². The minimum absolute atomic E-state index is 0.403. The molecule has 0 aliphatic carbocycles. The van der Waals surface area contributed by atoms with E-state index in [0.717, 1.165) is 50.6 Å². The molecule has 3 heterocycles. The fourth-order valence-electron chi connectivity index (χ4n) is 3.51. The molecule has 30 heavy (non-hydrogen) atoms. The zero-order valence-corrected chi connectivity index (χ0v) is 17.2. The molecule has 0 amide bonds. The molecule has 0 radical (unpaired) electrons. The number of ether oxygens (including phenoxy) is 2. The number of anilines is 3. The Balaban J connectivity index is 1.34. The van der Waals surface area contributed by atoms with E-state index in [0.29, 0.717) is 28.8 Å². The van der Waals surface area contributed by atoms with Gasteiger partial charge in [-0.15, -0.1) is 0 Å². The van der Waals surface area contributed by atoms with Crippen molar-refractivity contribution in [3.8, 4) is 11.5 Å². The normalized spacial score (nSPS) is 14.7. The molecule has 3 aromatic rings. The van der Waals surface area contributed by atoms with Crippen LogP contribution in [0, 0.1) is 0 Å². The molecule has 0 spiro atoms. The molecule has 0 atom stereocenters. The van der Waals surface area contributed by atoms with Crippen molar-refractivity contribution in [1.82, 2.24) is 24.8 Å². The molecule has 1 aliphatic rings. The van der Waals surface area contributed by atoms with E-state index in [1.54, 1.807) is 32.7 Å². The van der Waals surface area contributed by atoms with Gasteiger partial charge in [0.2, 0.25) is 11.9 Å². The fraction of sp³-hybridized carbons (Fsp3) is 0.400. The third-order valence-electron chi connectivity index (χ3n) is 5.15. The largest absolute Gasteiger partial charge is 0.493 e. The summed E-state index contributed by atoms with van der Waals surface area (Å²) in [7, 11) is 3.18. The third-order valence-corrected chi connectivity index (χ3v) is 5.15. The van der Waals surface area contributed by atoms with Crippen molar-refractivity contribution in [3.05, 3.63) is 30.6 Å². The van der Waals surface area contributed by atoms with Gasteiger partial charge in [0.1, 0.15) is 5.82 Å². The number of fused-ring (bicyclic) bond motifs is 1. The first kappa shape index (κ1) is 19.9. The van der Waals surface area contributed by atoms with E-state index in [4.69, 9.17) is 15.2 Å². The van der Waals surface area contributed by atoms with Gasteiger partial charge >= 0.3 is 0 Å². The van der Waals surface area contributed by atoms with Crippen LogP contribution >= 0.6 is 0 Å². The minimum atomic E-state index is 0.403. The van der Waals surface area contributed by atoms with Crippen molar-refractivity contribution >= 4 is 28.6 Å². The van der Waals surface area contributed by atoms with Gasteiger partial charge in [-0.2, -0.15) is 4.98 Å². The summed E-state index contributed by atoms with van der Waals surface area (Å²) in [5, 5.41) is 4.01. The first-order chi connectivity index (χ1) is 14.7. The lowest BCUT2D eigenvalue weighted by Crippen LogP contribution is -2.48. The molecule has 0 saturated carbocycles. The van der Waals surface area contributed by atoms with E-state index in [-0.39, 0.29) is 0 Å². The third kappa shape index (κ3) is 4.28. The highest BCUT2D eigenvalue weighted by molar-refractivity contribution is 5.91. The lowest BCUT2D eigenvalue weighted by Gasteiger charge is -2.34. The summed E-state index contributed by atoms with van der Waals surface area (Å²) in [5.41, 5.74) is 6.85. The van der Waals surface area contributed by atoms with Gasteiger partial charge in [0.05, 0.1) is 19.7 Å². The molecule has 3 N–H and O–H groups in total. The van der Waals surface area contributed by atoms with Crippen LogP contribution in [0.1, 0.15) is 0 Å². The highest BCUT2D eigenvalue weighted by Crippen LogP contribution is 2.33. The second-order valence-electron chi connectivity index (χ2n) is 6.96. The molecule has 10 heteroatoms. The highest BCUT2D eigenvalue weighted by Gasteiger charge is 2.18. The van der Waals surface area contributed by atoms with E-state index >= 15 is 0 Å². The molecular formula is C20H26N8O2. The maximum Gasteiger partial charge on any atom is 0.225 e. The molecule has 2 aromatic heterocycles. The van der Waals surface area contributed by atoms with Crippen LogP contribution in [0.25, 0.3) is 10.9 Å². The predicted octanol–water partition coefficient (Wildman–Crippen LogP) is 1.25. The van der Waals surface area contributed by atoms with Gasteiger partial charge in [-0.25, -0.2) is 15.0 Å². The number of nitrogen functional groups attached to an aromatic ring is 1. The summed E-state index contributed by atoms with van der Waals surface area (Å²) < 4.78 is 10.7. The average Bonchev–Trinajstić information content (AvgIpc) is 2.79. The number of piperazine rings is 1. The van der Waals surface area contributed by atoms with Crippen molar-refractivity contribution in [2.75, 3.05) is 69.4 Å². The molecule has 0 bridgehead atoms. The van der Waals surface area contributed by atoms with E-state index in [1.807, 2.05) is 12.1 Å². The number of hydrogen-bond donors (Lipinski definition) is 2. The topological polar surface area (TPSA) is 115 Å². The van der Waals surface area contributed by atoms with Crippen LogP contribution in [0.4, 0.5) is 17.7 Å². The Bertz CT molecular complexity index is 993. The highest BCUT2D eigenvalue weighted by atomic mass is 16.5. The Morgan fingerprint density at radius 2 is 1.70 bits per heavy atom. The lowest BCUT2D eigenvalue weighted by molar-refractivity contribution is 0.266. The molecule has 1 aliphatic heterocycles. The van der Waals surface area contributed by atoms with Gasteiger partial charge < -0.3 is 25.4 Å². The number of aromatic nitrogens is 4. The first-order valence-corrected chi connectivity index (χ1v) is 9.85. The van der Waals surface area contributed by atoms with Crippen molar-refractivity contribution in [2.45, 2.75) is 0 Å². The SMILES string of the molecule is COc1cc2nc(NCCN3CCN(c4ncccn4)CC3)nc(N)c2cc1OC. The molecule has 1 fully saturated rings. The number of nitrogens with one attached hydrogen (secondary N) is 1. The molecule has 10 nitrogen and oxygen atoms in total. The monoisotopic (exact) mass is 410 g/mol. The summed E-state index contributed by atoms with van der Waals surface area (Å²) in [4.78, 5) is 22.2. The van der Waals surface area contributed by atoms with Gasteiger partial charge in [0.15, 0.2) is 11.5 Å². The van der Waals surface area contributed by atoms with Crippen LogP contribution < -0.4 is 25.4 Å². The Morgan fingerprint density at radius 3 is 2.40 bits per heavy atom. The maximum absolute atomic E-state index is 6.14. The van der Waals surface area contributed by atoms with Crippen LogP contribution in [0.2, 0.25) is 0 Å². The number of nitrogens with two attached hydrogens (primary N) is 1. The van der Waals surface area contributed by atoms with Crippen molar-refractivity contribution in [3.63, 3.8) is 0 Å². The van der Waals surface area contributed by atoms with Crippen LogP contribution in [0.5, 0.6) is 11.5 Å². The summed E-state index contributed by atoms with van der Waals surface area (Å²) in [6.07, 6.45) is 3.55. The zero-order valence-electron chi connectivity index (χ0n) is 17.2. The van der Waals surface area contributed by atoms with Crippen LogP contribution in [0.15, 0.2) is 30.6 Å². The van der Waals surface area contributed by atoms with E-state index in [2.05, 4.69) is 35.1 Å². The summed E-state index contributed by atoms with van der Waals surface area (Å²) in [6, 6.07) is 5.44. The minimum Gasteiger partial charge on any atom is -0.493 e. The summed E-state index contributed by atoms with van der Waals surface area (Å²) >= 11 is 0. The van der Waals surface area contributed by atoms with Gasteiger partial charge in [-0.1, -0.05) is 0 Å². The van der Waals surface area contributed by atoms with E-state index in [9.17, 15) is 0 Å². The molecule has 1 saturated heterocycles. The second-order valence-corrected chi connectivity index (χ2v) is 6.96. The van der Waals surface area contributed by atoms with Gasteiger partial charge in [-0.3, -0.25) is 4.90 Å². The van der Waals surface area contributed by atoms with E-state index < -0.39 is 0 Å². The van der Waals surface area contributed by atoms with Gasteiger partial charge in [-0.05, 0) is 12.1 Å². The Morgan fingerprint density at radius 1 is 1.00 bits per heavy atom. The number of methoxy groups -OCH3 is 2. The lowest BCUT2D eigenvalue weighted by atomic mass is 10.2. The second kappa shape index (κ2) is 8.95. The Kier molecular flexibility index (Phi) is 5.94. The molecule has 0 unspecified atom stereocenters.